The van der Waals surface area contributed by atoms with Crippen molar-refractivity contribution >= 4 is 5.97 Å². The van der Waals surface area contributed by atoms with Crippen molar-refractivity contribution in [1.29, 1.82) is 0 Å². The van der Waals surface area contributed by atoms with Crippen molar-refractivity contribution in [2.75, 3.05) is 6.61 Å². The Bertz CT molecular complexity index is 558. The van der Waals surface area contributed by atoms with Crippen molar-refractivity contribution in [2.45, 2.75) is 20.4 Å². The van der Waals surface area contributed by atoms with Crippen molar-refractivity contribution in [2.24, 2.45) is 7.05 Å². The van der Waals surface area contributed by atoms with E-state index < -0.39 is 5.97 Å². The molecule has 2 aromatic rings. The molecule has 0 spiro atoms. The van der Waals surface area contributed by atoms with Gasteiger partial charge in [-0.2, -0.15) is 0 Å². The van der Waals surface area contributed by atoms with E-state index in [4.69, 9.17) is 4.74 Å². The summed E-state index contributed by atoms with van der Waals surface area (Å²) >= 11 is 0. The summed E-state index contributed by atoms with van der Waals surface area (Å²) in [7, 11) is 1.85. The van der Waals surface area contributed by atoms with Crippen LogP contribution in [0.1, 0.15) is 24.3 Å². The maximum Gasteiger partial charge on any atom is 0.361 e. The van der Waals surface area contributed by atoms with Gasteiger partial charge in [-0.05, 0) is 13.8 Å². The summed E-state index contributed by atoms with van der Waals surface area (Å²) in [5, 5.41) is 7.84. The average molecular weight is 249 g/mol. The smallest absolute Gasteiger partial charge is 0.361 e. The molecule has 2 aromatic heterocycles. The van der Waals surface area contributed by atoms with Crippen molar-refractivity contribution in [3.05, 3.63) is 18.1 Å². The fourth-order valence-electron chi connectivity index (χ4n) is 1.69. The Balaban J connectivity index is 2.53. The molecule has 0 N–H and O–H groups in total. The highest BCUT2D eigenvalue weighted by Gasteiger charge is 2.24. The molecule has 0 fully saturated rings. The third kappa shape index (κ3) is 1.99. The van der Waals surface area contributed by atoms with E-state index in [1.807, 2.05) is 18.5 Å². The largest absolute Gasteiger partial charge is 0.461 e. The first-order chi connectivity index (χ1) is 8.69. The quantitative estimate of drug-likeness (QED) is 0.752. The highest BCUT2D eigenvalue weighted by molar-refractivity contribution is 5.93. The van der Waals surface area contributed by atoms with Crippen molar-refractivity contribution in [3.63, 3.8) is 0 Å². The molecule has 0 aliphatic carbocycles. The third-order valence-electron chi connectivity index (χ3n) is 2.54. The highest BCUT2D eigenvalue weighted by Crippen LogP contribution is 2.20. The first-order valence-electron chi connectivity index (χ1n) is 5.77. The molecule has 0 radical (unpaired) electrons. The van der Waals surface area contributed by atoms with E-state index in [-0.39, 0.29) is 5.69 Å². The Hall–Kier alpha value is -2.18. The maximum atomic E-state index is 11.8. The van der Waals surface area contributed by atoms with Gasteiger partial charge < -0.3 is 9.30 Å². The molecule has 0 aliphatic heterocycles. The molecule has 2 rings (SSSR count). The summed E-state index contributed by atoms with van der Waals surface area (Å²) in [5.41, 5.74) is 0.788. The molecule has 0 bridgehead atoms. The lowest BCUT2D eigenvalue weighted by Crippen LogP contribution is -2.10. The van der Waals surface area contributed by atoms with Gasteiger partial charge in [0.05, 0.1) is 6.61 Å². The monoisotopic (exact) mass is 249 g/mol. The molecule has 18 heavy (non-hydrogen) atoms. The van der Waals surface area contributed by atoms with Crippen LogP contribution in [0.15, 0.2) is 12.4 Å². The molecule has 0 aromatic carbocycles. The van der Waals surface area contributed by atoms with Crippen LogP contribution in [0.4, 0.5) is 0 Å². The molecule has 2 heterocycles. The van der Waals surface area contributed by atoms with E-state index in [0.717, 1.165) is 0 Å². The number of hydrogen-bond donors (Lipinski definition) is 0. The van der Waals surface area contributed by atoms with E-state index in [9.17, 15) is 4.79 Å². The molecule has 7 nitrogen and oxygen atoms in total. The number of carbonyl (C=O) groups excluding carboxylic acids is 1. The summed E-state index contributed by atoms with van der Waals surface area (Å²) in [6.07, 6.45) is 3.47. The Morgan fingerprint density at radius 3 is 2.78 bits per heavy atom. The van der Waals surface area contributed by atoms with Crippen LogP contribution in [0.25, 0.3) is 11.5 Å². The number of nitrogens with zero attached hydrogens (tertiary/aromatic N) is 5. The number of rotatable bonds is 4. The summed E-state index contributed by atoms with van der Waals surface area (Å²) in [6.45, 7) is 4.59. The van der Waals surface area contributed by atoms with Crippen LogP contribution in [0.3, 0.4) is 0 Å². The van der Waals surface area contributed by atoms with Crippen LogP contribution >= 0.6 is 0 Å². The van der Waals surface area contributed by atoms with Gasteiger partial charge in [0.1, 0.15) is 5.69 Å². The Labute approximate surface area is 104 Å². The molecule has 0 unspecified atom stereocenters. The minimum Gasteiger partial charge on any atom is -0.461 e. The van der Waals surface area contributed by atoms with E-state index in [1.165, 1.54) is 0 Å². The lowest BCUT2D eigenvalue weighted by atomic mass is 10.3. The number of aryl methyl sites for hydroxylation is 2. The van der Waals surface area contributed by atoms with Gasteiger partial charge in [-0.15, -0.1) is 5.10 Å². The van der Waals surface area contributed by atoms with Gasteiger partial charge in [0, 0.05) is 26.0 Å². The van der Waals surface area contributed by atoms with Crippen LogP contribution in [0.2, 0.25) is 0 Å². The predicted molar refractivity (Wildman–Crippen MR) is 63.9 cm³/mol. The third-order valence-corrected chi connectivity index (χ3v) is 2.54. The van der Waals surface area contributed by atoms with Gasteiger partial charge in [-0.1, -0.05) is 5.21 Å². The minimum atomic E-state index is -0.477. The Morgan fingerprint density at radius 1 is 1.44 bits per heavy atom. The molecule has 0 saturated carbocycles. The first kappa shape index (κ1) is 12.3. The summed E-state index contributed by atoms with van der Waals surface area (Å²) in [6, 6.07) is 0. The van der Waals surface area contributed by atoms with E-state index in [1.54, 1.807) is 24.0 Å². The Kier molecular flexibility index (Phi) is 3.40. The number of carbonyl (C=O) groups is 1. The van der Waals surface area contributed by atoms with Crippen LogP contribution in [-0.4, -0.2) is 37.1 Å². The number of imidazole rings is 1. The second-order valence-electron chi connectivity index (χ2n) is 3.68. The number of aromatic nitrogens is 5. The Morgan fingerprint density at radius 2 is 2.22 bits per heavy atom. The molecule has 0 saturated heterocycles. The van der Waals surface area contributed by atoms with Crippen molar-refractivity contribution in [1.82, 2.24) is 24.5 Å². The molecule has 0 aliphatic rings. The number of hydrogen-bond acceptors (Lipinski definition) is 5. The average Bonchev–Trinajstić information content (AvgIpc) is 2.94. The zero-order valence-corrected chi connectivity index (χ0v) is 10.6. The standard InChI is InChI=1S/C11H15N5O2/c1-4-16-9(10-12-6-7-15(10)3)8(13-14-16)11(17)18-5-2/h6-7H,4-5H2,1-3H3. The van der Waals surface area contributed by atoms with Crippen LogP contribution < -0.4 is 0 Å². The topological polar surface area (TPSA) is 74.8 Å². The molecule has 7 heteroatoms. The molecule has 0 amide bonds. The van der Waals surface area contributed by atoms with Crippen LogP contribution in [-0.2, 0) is 18.3 Å². The van der Waals surface area contributed by atoms with Gasteiger partial charge >= 0.3 is 5.97 Å². The molecular weight excluding hydrogens is 234 g/mol. The number of esters is 1. The van der Waals surface area contributed by atoms with Crippen LogP contribution in [0, 0.1) is 0 Å². The van der Waals surface area contributed by atoms with Gasteiger partial charge in [-0.3, -0.25) is 0 Å². The normalized spacial score (nSPS) is 10.6. The zero-order chi connectivity index (χ0) is 13.1. The van der Waals surface area contributed by atoms with E-state index in [2.05, 4.69) is 15.3 Å². The number of ether oxygens (including phenoxy) is 1. The first-order valence-corrected chi connectivity index (χ1v) is 5.77. The van der Waals surface area contributed by atoms with Gasteiger partial charge in [0.2, 0.25) is 5.69 Å². The summed E-state index contributed by atoms with van der Waals surface area (Å²) < 4.78 is 8.42. The fourth-order valence-corrected chi connectivity index (χ4v) is 1.69. The van der Waals surface area contributed by atoms with E-state index >= 15 is 0 Å². The van der Waals surface area contributed by atoms with Gasteiger partial charge in [0.25, 0.3) is 0 Å². The second-order valence-corrected chi connectivity index (χ2v) is 3.68. The summed E-state index contributed by atoms with van der Waals surface area (Å²) in [5.74, 6) is 0.167. The molecule has 96 valence electrons. The lowest BCUT2D eigenvalue weighted by Gasteiger charge is -2.05. The van der Waals surface area contributed by atoms with Crippen molar-refractivity contribution in [3.8, 4) is 11.5 Å². The molecular formula is C11H15N5O2. The van der Waals surface area contributed by atoms with E-state index in [0.29, 0.717) is 24.7 Å². The summed E-state index contributed by atoms with van der Waals surface area (Å²) in [4.78, 5) is 16.1. The lowest BCUT2D eigenvalue weighted by molar-refractivity contribution is 0.0520. The second kappa shape index (κ2) is 4.99. The van der Waals surface area contributed by atoms with Crippen LogP contribution in [0.5, 0.6) is 0 Å². The maximum absolute atomic E-state index is 11.8. The highest BCUT2D eigenvalue weighted by atomic mass is 16.5. The zero-order valence-electron chi connectivity index (χ0n) is 10.6. The predicted octanol–water partition coefficient (Wildman–Crippen LogP) is 0.875. The minimum absolute atomic E-state index is 0.202. The van der Waals surface area contributed by atoms with Crippen molar-refractivity contribution < 1.29 is 9.53 Å². The van der Waals surface area contributed by atoms with Gasteiger partial charge in [0.15, 0.2) is 5.82 Å². The van der Waals surface area contributed by atoms with Gasteiger partial charge in [-0.25, -0.2) is 14.5 Å². The fraction of sp³-hybridized carbons (Fsp3) is 0.455. The SMILES string of the molecule is CCOC(=O)c1nnn(CC)c1-c1nccn1C. The molecule has 0 atom stereocenters.